The third-order valence-corrected chi connectivity index (χ3v) is 4.51. The Balaban J connectivity index is 2.22. The maximum absolute atomic E-state index is 12.8. The molecular weight excluding hydrogens is 291 g/mol. The van der Waals surface area contributed by atoms with Crippen LogP contribution < -0.4 is 10.5 Å². The van der Waals surface area contributed by atoms with Gasteiger partial charge in [0.25, 0.3) is 0 Å². The summed E-state index contributed by atoms with van der Waals surface area (Å²) in [7, 11) is -3.58. The lowest BCUT2D eigenvalue weighted by Gasteiger charge is -2.13. The molecule has 0 unspecified atom stereocenters. The normalized spacial score (nSPS) is 11.4. The lowest BCUT2D eigenvalue weighted by Crippen LogP contribution is -2.16. The van der Waals surface area contributed by atoms with Gasteiger partial charge in [-0.2, -0.15) is 0 Å². The molecule has 0 bridgehead atoms. The van der Waals surface area contributed by atoms with Gasteiger partial charge in [-0.25, -0.2) is 12.8 Å². The van der Waals surface area contributed by atoms with E-state index >= 15 is 0 Å². The largest absolute Gasteiger partial charge is 0.398 e. The summed E-state index contributed by atoms with van der Waals surface area (Å²) in [5.41, 5.74) is 9.02. The Labute approximate surface area is 123 Å². The minimum Gasteiger partial charge on any atom is -0.398 e. The van der Waals surface area contributed by atoms with Crippen LogP contribution in [0.2, 0.25) is 0 Å². The van der Waals surface area contributed by atoms with Crippen LogP contribution in [0.1, 0.15) is 16.7 Å². The van der Waals surface area contributed by atoms with E-state index in [9.17, 15) is 12.8 Å². The van der Waals surface area contributed by atoms with Gasteiger partial charge in [-0.1, -0.05) is 18.2 Å². The smallest absolute Gasteiger partial charge is 0.236 e. The van der Waals surface area contributed by atoms with E-state index in [4.69, 9.17) is 5.73 Å². The van der Waals surface area contributed by atoms with E-state index in [1.807, 2.05) is 6.92 Å². The third-order valence-electron chi connectivity index (χ3n) is 3.27. The van der Waals surface area contributed by atoms with Crippen molar-refractivity contribution in [2.24, 2.45) is 0 Å². The molecule has 0 saturated carbocycles. The molecule has 0 heterocycles. The molecule has 0 radical (unpaired) electrons. The summed E-state index contributed by atoms with van der Waals surface area (Å²) >= 11 is 0. The molecule has 2 rings (SSSR count). The maximum atomic E-state index is 12.8. The number of nitrogen functional groups attached to an aromatic ring is 1. The first-order valence-electron chi connectivity index (χ1n) is 6.39. The van der Waals surface area contributed by atoms with Crippen molar-refractivity contribution in [2.45, 2.75) is 19.6 Å². The molecule has 2 aromatic carbocycles. The number of hydrogen-bond acceptors (Lipinski definition) is 3. The predicted molar refractivity (Wildman–Crippen MR) is 83.0 cm³/mol. The summed E-state index contributed by atoms with van der Waals surface area (Å²) in [5.74, 6) is -0.619. The van der Waals surface area contributed by atoms with E-state index in [0.717, 1.165) is 5.56 Å². The second-order valence-corrected chi connectivity index (χ2v) is 6.68. The van der Waals surface area contributed by atoms with Crippen molar-refractivity contribution in [2.75, 3.05) is 10.5 Å². The van der Waals surface area contributed by atoms with Crippen molar-refractivity contribution in [1.29, 1.82) is 0 Å². The van der Waals surface area contributed by atoms with Gasteiger partial charge >= 0.3 is 0 Å². The Hall–Kier alpha value is -2.08. The fraction of sp³-hybridized carbons (Fsp3) is 0.200. The van der Waals surface area contributed by atoms with E-state index < -0.39 is 15.8 Å². The maximum Gasteiger partial charge on any atom is 0.236 e. The number of aryl methyl sites for hydroxylation is 1. The summed E-state index contributed by atoms with van der Waals surface area (Å²) in [4.78, 5) is 0. The van der Waals surface area contributed by atoms with Crippen molar-refractivity contribution in [3.63, 3.8) is 0 Å². The van der Waals surface area contributed by atoms with Gasteiger partial charge in [0.1, 0.15) is 5.82 Å². The fourth-order valence-electron chi connectivity index (χ4n) is 1.98. The van der Waals surface area contributed by atoms with Crippen molar-refractivity contribution < 1.29 is 12.8 Å². The standard InChI is InChI=1S/C15H17FN2O2S/c1-10-3-8-14(11(2)15(10)17)18-21(19,20)9-12-4-6-13(16)7-5-12/h3-8,18H,9,17H2,1-2H3. The van der Waals surface area contributed by atoms with Gasteiger partial charge in [0.2, 0.25) is 10.0 Å². The monoisotopic (exact) mass is 308 g/mol. The zero-order valence-electron chi connectivity index (χ0n) is 11.9. The van der Waals surface area contributed by atoms with Crippen molar-refractivity contribution in [1.82, 2.24) is 0 Å². The number of hydrogen-bond donors (Lipinski definition) is 2. The highest BCUT2D eigenvalue weighted by Crippen LogP contribution is 2.25. The second kappa shape index (κ2) is 5.73. The van der Waals surface area contributed by atoms with Crippen molar-refractivity contribution >= 4 is 21.4 Å². The molecule has 0 aliphatic rings. The zero-order chi connectivity index (χ0) is 15.6. The predicted octanol–water partition coefficient (Wildman–Crippen LogP) is 2.97. The highest BCUT2D eigenvalue weighted by molar-refractivity contribution is 7.91. The van der Waals surface area contributed by atoms with Crippen molar-refractivity contribution in [3.05, 3.63) is 58.9 Å². The zero-order valence-corrected chi connectivity index (χ0v) is 12.7. The fourth-order valence-corrected chi connectivity index (χ4v) is 3.24. The molecule has 3 N–H and O–H groups in total. The third kappa shape index (κ3) is 3.72. The molecule has 112 valence electrons. The first kappa shape index (κ1) is 15.3. The molecule has 0 atom stereocenters. The highest BCUT2D eigenvalue weighted by atomic mass is 32.2. The SMILES string of the molecule is Cc1ccc(NS(=O)(=O)Cc2ccc(F)cc2)c(C)c1N. The van der Waals surface area contributed by atoms with Crippen molar-refractivity contribution in [3.8, 4) is 0 Å². The number of halogens is 1. The first-order valence-corrected chi connectivity index (χ1v) is 8.04. The van der Waals surface area contributed by atoms with Gasteiger partial charge in [-0.15, -0.1) is 0 Å². The van der Waals surface area contributed by atoms with E-state index in [2.05, 4.69) is 4.72 Å². The van der Waals surface area contributed by atoms with Gasteiger partial charge < -0.3 is 5.73 Å². The number of nitrogens with two attached hydrogens (primary N) is 1. The first-order chi connectivity index (χ1) is 9.78. The molecule has 21 heavy (non-hydrogen) atoms. The van der Waals surface area contributed by atoms with Crippen LogP contribution in [0, 0.1) is 19.7 Å². The minimum atomic E-state index is -3.58. The van der Waals surface area contributed by atoms with E-state index in [1.165, 1.54) is 24.3 Å². The van der Waals surface area contributed by atoms with Crippen LogP contribution in [0.4, 0.5) is 15.8 Å². The number of sulfonamides is 1. The lowest BCUT2D eigenvalue weighted by molar-refractivity contribution is 0.600. The Bertz CT molecular complexity index is 756. The number of rotatable bonds is 4. The van der Waals surface area contributed by atoms with Crippen LogP contribution in [0.15, 0.2) is 36.4 Å². The van der Waals surface area contributed by atoms with Crippen LogP contribution in [-0.4, -0.2) is 8.42 Å². The molecule has 0 spiro atoms. The van der Waals surface area contributed by atoms with Crippen LogP contribution in [0.3, 0.4) is 0 Å². The van der Waals surface area contributed by atoms with Crippen LogP contribution in [0.25, 0.3) is 0 Å². The average molecular weight is 308 g/mol. The van der Waals surface area contributed by atoms with Gasteiger partial charge in [0.05, 0.1) is 11.4 Å². The molecule has 0 saturated heterocycles. The Kier molecular flexibility index (Phi) is 4.18. The average Bonchev–Trinajstić information content (AvgIpc) is 2.42. The molecular formula is C15H17FN2O2S. The van der Waals surface area contributed by atoms with E-state index in [0.29, 0.717) is 22.5 Å². The van der Waals surface area contributed by atoms with E-state index in [1.54, 1.807) is 19.1 Å². The molecule has 0 aliphatic heterocycles. The molecule has 4 nitrogen and oxygen atoms in total. The Morgan fingerprint density at radius 3 is 2.33 bits per heavy atom. The summed E-state index contributed by atoms with van der Waals surface area (Å²) in [6.07, 6.45) is 0. The minimum absolute atomic E-state index is 0.222. The van der Waals surface area contributed by atoms with Gasteiger partial charge in [0, 0.05) is 5.69 Å². The van der Waals surface area contributed by atoms with Crippen LogP contribution >= 0.6 is 0 Å². The molecule has 0 fully saturated rings. The molecule has 0 aromatic heterocycles. The quantitative estimate of drug-likeness (QED) is 0.853. The summed E-state index contributed by atoms with van der Waals surface area (Å²) in [6.45, 7) is 3.62. The number of anilines is 2. The second-order valence-electron chi connectivity index (χ2n) is 4.96. The van der Waals surface area contributed by atoms with Crippen LogP contribution in [0.5, 0.6) is 0 Å². The summed E-state index contributed by atoms with van der Waals surface area (Å²) in [6, 6.07) is 8.82. The van der Waals surface area contributed by atoms with E-state index in [-0.39, 0.29) is 5.75 Å². The van der Waals surface area contributed by atoms with Gasteiger partial charge in [0.15, 0.2) is 0 Å². The molecule has 0 amide bonds. The summed E-state index contributed by atoms with van der Waals surface area (Å²) < 4.78 is 39.7. The molecule has 6 heteroatoms. The van der Waals surface area contributed by atoms with Gasteiger partial charge in [-0.05, 0) is 48.7 Å². The highest BCUT2D eigenvalue weighted by Gasteiger charge is 2.14. The Morgan fingerprint density at radius 1 is 1.10 bits per heavy atom. The Morgan fingerprint density at radius 2 is 1.71 bits per heavy atom. The number of nitrogens with one attached hydrogen (secondary N) is 1. The lowest BCUT2D eigenvalue weighted by atomic mass is 10.1. The molecule has 2 aromatic rings. The topological polar surface area (TPSA) is 72.2 Å². The summed E-state index contributed by atoms with van der Waals surface area (Å²) in [5, 5.41) is 0. The van der Waals surface area contributed by atoms with Gasteiger partial charge in [-0.3, -0.25) is 4.72 Å². The molecule has 0 aliphatic carbocycles. The van der Waals surface area contributed by atoms with Crippen LogP contribution in [-0.2, 0) is 15.8 Å². The number of benzene rings is 2.